The van der Waals surface area contributed by atoms with Crippen molar-refractivity contribution in [1.82, 2.24) is 14.7 Å². The van der Waals surface area contributed by atoms with Crippen LogP contribution in [0.4, 0.5) is 0 Å². The van der Waals surface area contributed by atoms with Crippen LogP contribution in [0, 0.1) is 11.3 Å². The van der Waals surface area contributed by atoms with E-state index in [4.69, 9.17) is 0 Å². The van der Waals surface area contributed by atoms with Gasteiger partial charge in [-0.15, -0.1) is 0 Å². The predicted molar refractivity (Wildman–Crippen MR) is 80.8 cm³/mol. The molecule has 21 heavy (non-hydrogen) atoms. The molecule has 3 aliphatic carbocycles. The molecule has 1 aliphatic heterocycles. The summed E-state index contributed by atoms with van der Waals surface area (Å²) >= 11 is 0. The summed E-state index contributed by atoms with van der Waals surface area (Å²) in [5, 5.41) is 4.55. The molecule has 3 saturated carbocycles. The first-order valence-corrected chi connectivity index (χ1v) is 8.38. The molecule has 1 amide bonds. The van der Waals surface area contributed by atoms with E-state index in [0.29, 0.717) is 5.91 Å². The van der Waals surface area contributed by atoms with Crippen molar-refractivity contribution in [2.45, 2.75) is 57.9 Å². The van der Waals surface area contributed by atoms with Crippen molar-refractivity contribution in [3.05, 3.63) is 18.0 Å². The Balaban J connectivity index is 1.42. The lowest BCUT2D eigenvalue weighted by molar-refractivity contribution is -0.178. The molecular weight excluding hydrogens is 262 g/mol. The third-order valence-corrected chi connectivity index (χ3v) is 6.22. The van der Waals surface area contributed by atoms with E-state index in [0.717, 1.165) is 38.3 Å². The Hall–Kier alpha value is -1.32. The largest absolute Gasteiger partial charge is 0.342 e. The fraction of sp³-hybridized carbons (Fsp3) is 0.765. The maximum absolute atomic E-state index is 12.6. The molecule has 1 saturated heterocycles. The maximum Gasteiger partial charge on any atom is 0.228 e. The van der Waals surface area contributed by atoms with Gasteiger partial charge in [-0.25, -0.2) is 0 Å². The zero-order valence-electron chi connectivity index (χ0n) is 13.1. The molecule has 114 valence electrons. The highest BCUT2D eigenvalue weighted by Crippen LogP contribution is 2.65. The van der Waals surface area contributed by atoms with Gasteiger partial charge in [-0.3, -0.25) is 9.48 Å². The predicted octanol–water partition coefficient (Wildman–Crippen LogP) is 2.58. The average Bonchev–Trinajstić information content (AvgIpc) is 2.85. The van der Waals surface area contributed by atoms with Gasteiger partial charge in [0.05, 0.1) is 17.2 Å². The third kappa shape index (κ3) is 1.87. The van der Waals surface area contributed by atoms with Crippen molar-refractivity contribution in [1.29, 1.82) is 0 Å². The molecule has 0 unspecified atom stereocenters. The molecule has 2 bridgehead atoms. The van der Waals surface area contributed by atoms with Gasteiger partial charge in [0.1, 0.15) is 0 Å². The van der Waals surface area contributed by atoms with Crippen molar-refractivity contribution in [2.75, 3.05) is 13.1 Å². The molecule has 4 nitrogen and oxygen atoms in total. The van der Waals surface area contributed by atoms with Gasteiger partial charge in [0.25, 0.3) is 0 Å². The molecule has 4 heteroatoms. The highest BCUT2D eigenvalue weighted by Gasteiger charge is 2.62. The summed E-state index contributed by atoms with van der Waals surface area (Å²) in [5.41, 5.74) is 1.45. The summed E-state index contributed by atoms with van der Waals surface area (Å²) in [6.07, 6.45) is 10.7. The van der Waals surface area contributed by atoms with E-state index in [1.165, 1.54) is 24.8 Å². The summed E-state index contributed by atoms with van der Waals surface area (Å²) in [6, 6.07) is 0. The van der Waals surface area contributed by atoms with E-state index in [-0.39, 0.29) is 11.0 Å². The lowest BCUT2D eigenvalue weighted by Crippen LogP contribution is -2.62. The molecule has 0 spiro atoms. The zero-order chi connectivity index (χ0) is 14.7. The van der Waals surface area contributed by atoms with Gasteiger partial charge in [0.15, 0.2) is 0 Å². The first kappa shape index (κ1) is 13.4. The Labute approximate surface area is 126 Å². The Morgan fingerprint density at radius 3 is 2.48 bits per heavy atom. The number of carbonyl (C=O) groups excluding carboxylic acids is 1. The molecule has 0 N–H and O–H groups in total. The Morgan fingerprint density at radius 1 is 1.33 bits per heavy atom. The first-order chi connectivity index (χ1) is 10.0. The number of hydrogen-bond acceptors (Lipinski definition) is 2. The Bertz CT molecular complexity index is 551. The van der Waals surface area contributed by atoms with E-state index in [1.807, 2.05) is 6.20 Å². The number of rotatable bonds is 3. The number of aryl methyl sites for hydroxylation is 1. The summed E-state index contributed by atoms with van der Waals surface area (Å²) < 4.78 is 2.13. The lowest BCUT2D eigenvalue weighted by atomic mass is 9.44. The van der Waals surface area contributed by atoms with Crippen molar-refractivity contribution in [3.63, 3.8) is 0 Å². The van der Waals surface area contributed by atoms with Gasteiger partial charge >= 0.3 is 0 Å². The van der Waals surface area contributed by atoms with E-state index in [9.17, 15) is 4.79 Å². The standard InChI is InChI=1S/C17H25N3O/c1-3-13-11-18-20(12-13)16(2)4-6-19(7-5-16)15(21)17-8-14(9-17)10-17/h11-12,14H,3-10H2,1-2H3. The Morgan fingerprint density at radius 2 is 2.00 bits per heavy atom. The number of likely N-dealkylation sites (tertiary alicyclic amines) is 1. The second-order valence-electron chi connectivity index (χ2n) is 7.69. The van der Waals surface area contributed by atoms with Crippen LogP contribution in [-0.4, -0.2) is 33.7 Å². The van der Waals surface area contributed by atoms with Crippen LogP contribution in [-0.2, 0) is 16.8 Å². The molecule has 5 rings (SSSR count). The molecule has 0 radical (unpaired) electrons. The van der Waals surface area contributed by atoms with Crippen LogP contribution in [0.15, 0.2) is 12.4 Å². The highest BCUT2D eigenvalue weighted by atomic mass is 16.2. The first-order valence-electron chi connectivity index (χ1n) is 8.38. The fourth-order valence-corrected chi connectivity index (χ4v) is 4.33. The van der Waals surface area contributed by atoms with Crippen LogP contribution < -0.4 is 0 Å². The fourth-order valence-electron chi connectivity index (χ4n) is 4.33. The van der Waals surface area contributed by atoms with Crippen LogP contribution in [0.25, 0.3) is 0 Å². The van der Waals surface area contributed by atoms with Crippen LogP contribution in [0.2, 0.25) is 0 Å². The molecular formula is C17H25N3O. The van der Waals surface area contributed by atoms with E-state index in [1.54, 1.807) is 0 Å². The maximum atomic E-state index is 12.6. The summed E-state index contributed by atoms with van der Waals surface area (Å²) in [4.78, 5) is 14.8. The molecule has 1 aromatic heterocycles. The monoisotopic (exact) mass is 287 g/mol. The number of nitrogens with zero attached hydrogens (tertiary/aromatic N) is 3. The van der Waals surface area contributed by atoms with Gasteiger partial charge in [0, 0.05) is 19.3 Å². The number of carbonyl (C=O) groups is 1. The number of piperidine rings is 1. The highest BCUT2D eigenvalue weighted by molar-refractivity contribution is 5.85. The minimum atomic E-state index is 0.0730. The molecule has 0 atom stereocenters. The zero-order valence-corrected chi connectivity index (χ0v) is 13.1. The quantitative estimate of drug-likeness (QED) is 0.857. The molecule has 4 fully saturated rings. The van der Waals surface area contributed by atoms with Crippen molar-refractivity contribution in [3.8, 4) is 0 Å². The topological polar surface area (TPSA) is 38.1 Å². The second kappa shape index (κ2) is 4.34. The van der Waals surface area contributed by atoms with E-state index >= 15 is 0 Å². The van der Waals surface area contributed by atoms with Gasteiger partial charge in [-0.05, 0) is 56.9 Å². The number of aromatic nitrogens is 2. The average molecular weight is 287 g/mol. The summed E-state index contributed by atoms with van der Waals surface area (Å²) in [5.74, 6) is 1.32. The van der Waals surface area contributed by atoms with E-state index in [2.05, 4.69) is 34.7 Å². The van der Waals surface area contributed by atoms with Crippen molar-refractivity contribution >= 4 is 5.91 Å². The minimum absolute atomic E-state index is 0.0730. The molecule has 1 aromatic rings. The summed E-state index contributed by atoms with van der Waals surface area (Å²) in [6.45, 7) is 6.23. The van der Waals surface area contributed by atoms with Crippen LogP contribution >= 0.6 is 0 Å². The van der Waals surface area contributed by atoms with Crippen LogP contribution in [0.1, 0.15) is 51.5 Å². The van der Waals surface area contributed by atoms with Gasteiger partial charge in [0.2, 0.25) is 5.91 Å². The van der Waals surface area contributed by atoms with Gasteiger partial charge < -0.3 is 4.90 Å². The number of hydrogen-bond donors (Lipinski definition) is 0. The number of amides is 1. The van der Waals surface area contributed by atoms with Crippen LogP contribution in [0.3, 0.4) is 0 Å². The lowest BCUT2D eigenvalue weighted by Gasteiger charge is -2.61. The van der Waals surface area contributed by atoms with Gasteiger partial charge in [-0.1, -0.05) is 6.92 Å². The smallest absolute Gasteiger partial charge is 0.228 e. The van der Waals surface area contributed by atoms with Crippen LogP contribution in [0.5, 0.6) is 0 Å². The van der Waals surface area contributed by atoms with Crippen molar-refractivity contribution < 1.29 is 4.79 Å². The normalized spacial score (nSPS) is 33.2. The molecule has 2 heterocycles. The minimum Gasteiger partial charge on any atom is -0.342 e. The molecule has 4 aliphatic rings. The van der Waals surface area contributed by atoms with Gasteiger partial charge in [-0.2, -0.15) is 5.10 Å². The Kier molecular flexibility index (Phi) is 2.76. The van der Waals surface area contributed by atoms with E-state index < -0.39 is 0 Å². The van der Waals surface area contributed by atoms with Crippen molar-refractivity contribution in [2.24, 2.45) is 11.3 Å². The molecule has 0 aromatic carbocycles. The third-order valence-electron chi connectivity index (χ3n) is 6.22. The SMILES string of the molecule is CCc1cnn(C2(C)CCN(C(=O)C34CC(C3)C4)CC2)c1. The second-order valence-corrected chi connectivity index (χ2v) is 7.69. The summed E-state index contributed by atoms with van der Waals surface area (Å²) in [7, 11) is 0.